The summed E-state index contributed by atoms with van der Waals surface area (Å²) < 4.78 is 2.34. The summed E-state index contributed by atoms with van der Waals surface area (Å²) in [5.74, 6) is 0.214. The molecule has 8 nitrogen and oxygen atoms in total. The molecule has 1 atom stereocenters. The van der Waals surface area contributed by atoms with Crippen molar-refractivity contribution >= 4 is 46.0 Å². The zero-order valence-corrected chi connectivity index (χ0v) is 19.8. The van der Waals surface area contributed by atoms with Gasteiger partial charge in [0.25, 0.3) is 5.56 Å². The van der Waals surface area contributed by atoms with Gasteiger partial charge in [0.1, 0.15) is 16.2 Å². The number of hydrogen-bond acceptors (Lipinski definition) is 6. The molecule has 1 amide bonds. The van der Waals surface area contributed by atoms with Gasteiger partial charge >= 0.3 is 5.69 Å². The van der Waals surface area contributed by atoms with Crippen molar-refractivity contribution in [2.45, 2.75) is 43.4 Å². The quantitative estimate of drug-likeness (QED) is 0.473. The Labute approximate surface area is 188 Å². The maximum absolute atomic E-state index is 12.9. The molecule has 3 aromatic rings. The van der Waals surface area contributed by atoms with Gasteiger partial charge in [-0.1, -0.05) is 50.2 Å². The highest BCUT2D eigenvalue weighted by Gasteiger charge is 2.26. The van der Waals surface area contributed by atoms with E-state index < -0.39 is 21.9 Å². The van der Waals surface area contributed by atoms with Crippen LogP contribution in [0.1, 0.15) is 33.5 Å². The number of aromatic nitrogens is 4. The minimum atomic E-state index is -0.577. The molecule has 0 fully saturated rings. The van der Waals surface area contributed by atoms with Crippen LogP contribution < -0.4 is 16.6 Å². The van der Waals surface area contributed by atoms with Crippen molar-refractivity contribution < 1.29 is 4.79 Å². The highest BCUT2D eigenvalue weighted by Crippen LogP contribution is 2.30. The molecule has 0 aliphatic rings. The molecule has 0 radical (unpaired) electrons. The molecule has 0 bridgehead atoms. The number of halogens is 1. The van der Waals surface area contributed by atoms with Crippen LogP contribution in [0, 0.1) is 0 Å². The van der Waals surface area contributed by atoms with E-state index in [0.717, 1.165) is 16.3 Å². The predicted molar refractivity (Wildman–Crippen MR) is 124 cm³/mol. The van der Waals surface area contributed by atoms with Gasteiger partial charge in [-0.3, -0.25) is 18.7 Å². The van der Waals surface area contributed by atoms with E-state index in [4.69, 9.17) is 11.6 Å². The number of aryl methyl sites for hydroxylation is 1. The smallest absolute Gasteiger partial charge is 0.325 e. The molecule has 2 aromatic heterocycles. The fourth-order valence-electron chi connectivity index (χ4n) is 2.88. The van der Waals surface area contributed by atoms with Crippen LogP contribution in [-0.4, -0.2) is 30.3 Å². The summed E-state index contributed by atoms with van der Waals surface area (Å²) in [6, 6.07) is 6.86. The molecular weight excluding hydrogens is 438 g/mol. The Balaban J connectivity index is 2.08. The first-order chi connectivity index (χ1) is 14.4. The number of benzene rings is 1. The Bertz CT molecular complexity index is 1290. The largest absolute Gasteiger partial charge is 0.332 e. The standard InChI is InChI=1S/C21H24ClN5O3S/c1-11(16(28)23-13-9-7-8-12(22)10-13)31-17-14-15(24-19(25-17)21(2,3)4)26(5)20(30)27(6)18(14)29/h7-11H,1-6H3,(H,23,28). The van der Waals surface area contributed by atoms with Gasteiger partial charge in [-0.2, -0.15) is 0 Å². The molecule has 2 heterocycles. The summed E-state index contributed by atoms with van der Waals surface area (Å²) in [5.41, 5.74) is -0.571. The highest BCUT2D eigenvalue weighted by atomic mass is 35.5. The van der Waals surface area contributed by atoms with Crippen LogP contribution in [0.4, 0.5) is 5.69 Å². The van der Waals surface area contributed by atoms with E-state index in [1.165, 1.54) is 11.6 Å². The summed E-state index contributed by atoms with van der Waals surface area (Å²) in [5, 5.41) is 3.33. The number of amides is 1. The van der Waals surface area contributed by atoms with E-state index in [0.29, 0.717) is 21.6 Å². The third-order valence-electron chi connectivity index (χ3n) is 4.69. The highest BCUT2D eigenvalue weighted by molar-refractivity contribution is 8.00. The maximum atomic E-state index is 12.9. The van der Waals surface area contributed by atoms with Crippen LogP contribution in [0.5, 0.6) is 0 Å². The number of hydrogen-bond donors (Lipinski definition) is 1. The van der Waals surface area contributed by atoms with Crippen molar-refractivity contribution in [1.82, 2.24) is 19.1 Å². The molecule has 1 aromatic carbocycles. The van der Waals surface area contributed by atoms with Crippen molar-refractivity contribution in [3.05, 3.63) is 56.0 Å². The van der Waals surface area contributed by atoms with Gasteiger partial charge in [-0.25, -0.2) is 14.8 Å². The van der Waals surface area contributed by atoms with E-state index in [1.54, 1.807) is 38.2 Å². The lowest BCUT2D eigenvalue weighted by atomic mass is 9.96. The molecule has 3 rings (SSSR count). The number of thioether (sulfide) groups is 1. The average Bonchev–Trinajstić information content (AvgIpc) is 2.69. The second kappa shape index (κ2) is 8.47. The van der Waals surface area contributed by atoms with Gasteiger partial charge in [-0.15, -0.1) is 0 Å². The molecule has 10 heteroatoms. The third-order valence-corrected chi connectivity index (χ3v) is 6.01. The second-order valence-electron chi connectivity index (χ2n) is 8.27. The second-order valence-corrected chi connectivity index (χ2v) is 10.0. The van der Waals surface area contributed by atoms with Crippen LogP contribution in [0.15, 0.2) is 38.9 Å². The number of fused-ring (bicyclic) bond motifs is 1. The summed E-state index contributed by atoms with van der Waals surface area (Å²) in [4.78, 5) is 47.2. The average molecular weight is 462 g/mol. The Morgan fingerprint density at radius 3 is 2.45 bits per heavy atom. The predicted octanol–water partition coefficient (Wildman–Crippen LogP) is 3.10. The fraction of sp³-hybridized carbons (Fsp3) is 0.381. The first kappa shape index (κ1) is 23.0. The third kappa shape index (κ3) is 4.67. The zero-order chi connectivity index (χ0) is 23.1. The molecule has 0 saturated heterocycles. The first-order valence-corrected chi connectivity index (χ1v) is 10.9. The van der Waals surface area contributed by atoms with Crippen molar-refractivity contribution in [3.63, 3.8) is 0 Å². The normalized spacial score (nSPS) is 12.7. The number of anilines is 1. The summed E-state index contributed by atoms with van der Waals surface area (Å²) in [6.07, 6.45) is 0. The fourth-order valence-corrected chi connectivity index (χ4v) is 4.01. The topological polar surface area (TPSA) is 98.9 Å². The monoisotopic (exact) mass is 461 g/mol. The molecule has 1 N–H and O–H groups in total. The van der Waals surface area contributed by atoms with Crippen LogP contribution in [0.25, 0.3) is 11.0 Å². The first-order valence-electron chi connectivity index (χ1n) is 9.61. The molecule has 31 heavy (non-hydrogen) atoms. The lowest BCUT2D eigenvalue weighted by Gasteiger charge is -2.20. The van der Waals surface area contributed by atoms with Crippen LogP contribution in [0.3, 0.4) is 0 Å². The molecule has 0 saturated carbocycles. The summed E-state index contributed by atoms with van der Waals surface area (Å²) in [6.45, 7) is 7.55. The van der Waals surface area contributed by atoms with Gasteiger partial charge < -0.3 is 5.32 Å². The van der Waals surface area contributed by atoms with Crippen LogP contribution >= 0.6 is 23.4 Å². The van der Waals surface area contributed by atoms with Crippen molar-refractivity contribution in [1.29, 1.82) is 0 Å². The number of rotatable bonds is 4. The molecule has 0 aliphatic carbocycles. The van der Waals surface area contributed by atoms with Gasteiger partial charge in [0.2, 0.25) is 5.91 Å². The van der Waals surface area contributed by atoms with E-state index >= 15 is 0 Å². The summed E-state index contributed by atoms with van der Waals surface area (Å²) >= 11 is 7.13. The Morgan fingerprint density at radius 2 is 1.84 bits per heavy atom. The maximum Gasteiger partial charge on any atom is 0.332 e. The minimum absolute atomic E-state index is 0.213. The number of nitrogens with zero attached hydrogens (tertiary/aromatic N) is 4. The van der Waals surface area contributed by atoms with Crippen molar-refractivity contribution in [2.24, 2.45) is 14.1 Å². The number of nitrogens with one attached hydrogen (secondary N) is 1. The number of carbonyl (C=O) groups is 1. The van der Waals surface area contributed by atoms with E-state index in [-0.39, 0.29) is 16.9 Å². The Hall–Kier alpha value is -2.65. The molecule has 1 unspecified atom stereocenters. The molecule has 0 spiro atoms. The van der Waals surface area contributed by atoms with Crippen molar-refractivity contribution in [2.75, 3.05) is 5.32 Å². The number of carbonyl (C=O) groups excluding carboxylic acids is 1. The zero-order valence-electron chi connectivity index (χ0n) is 18.2. The Morgan fingerprint density at radius 1 is 1.16 bits per heavy atom. The summed E-state index contributed by atoms with van der Waals surface area (Å²) in [7, 11) is 2.97. The van der Waals surface area contributed by atoms with Crippen LogP contribution in [-0.2, 0) is 24.3 Å². The van der Waals surface area contributed by atoms with Gasteiger partial charge in [0.05, 0.1) is 5.25 Å². The van der Waals surface area contributed by atoms with Crippen LogP contribution in [0.2, 0.25) is 5.02 Å². The SMILES string of the molecule is CC(Sc1nc(C(C)(C)C)nc2c1c(=O)n(C)c(=O)n2C)C(=O)Nc1cccc(Cl)c1. The molecule has 0 aliphatic heterocycles. The van der Waals surface area contributed by atoms with Gasteiger partial charge in [0.15, 0.2) is 5.65 Å². The lowest BCUT2D eigenvalue weighted by molar-refractivity contribution is -0.115. The van der Waals surface area contributed by atoms with E-state index in [1.807, 2.05) is 20.8 Å². The van der Waals surface area contributed by atoms with Gasteiger partial charge in [-0.05, 0) is 25.1 Å². The molecule has 164 valence electrons. The van der Waals surface area contributed by atoms with Gasteiger partial charge in [0, 0.05) is 30.2 Å². The minimum Gasteiger partial charge on any atom is -0.325 e. The lowest BCUT2D eigenvalue weighted by Crippen LogP contribution is -2.38. The van der Waals surface area contributed by atoms with Crippen molar-refractivity contribution in [3.8, 4) is 0 Å². The van der Waals surface area contributed by atoms with E-state index in [9.17, 15) is 14.4 Å². The van der Waals surface area contributed by atoms with E-state index in [2.05, 4.69) is 15.3 Å². The Kier molecular flexibility index (Phi) is 6.29. The molecular formula is C21H24ClN5O3S.